The van der Waals surface area contributed by atoms with Crippen molar-refractivity contribution in [1.82, 2.24) is 0 Å². The van der Waals surface area contributed by atoms with E-state index in [-0.39, 0.29) is 12.1 Å². The molecule has 29 heavy (non-hydrogen) atoms. The lowest BCUT2D eigenvalue weighted by Gasteiger charge is -2.13. The topological polar surface area (TPSA) is 44.8 Å². The number of benzene rings is 3. The average molecular weight is 390 g/mol. The van der Waals surface area contributed by atoms with E-state index in [0.29, 0.717) is 25.4 Å². The van der Waals surface area contributed by atoms with Gasteiger partial charge in [-0.2, -0.15) is 0 Å². The fraction of sp³-hybridized carbons (Fsp3) is 0.240. The van der Waals surface area contributed by atoms with Crippen LogP contribution in [0, 0.1) is 0 Å². The highest BCUT2D eigenvalue weighted by Crippen LogP contribution is 2.23. The van der Waals surface area contributed by atoms with Crippen molar-refractivity contribution in [3.63, 3.8) is 0 Å². The molecule has 0 saturated heterocycles. The van der Waals surface area contributed by atoms with Gasteiger partial charge in [0.15, 0.2) is 0 Å². The fourth-order valence-electron chi connectivity index (χ4n) is 2.85. The summed E-state index contributed by atoms with van der Waals surface area (Å²) in [6.45, 7) is 5.28. The van der Waals surface area contributed by atoms with Crippen molar-refractivity contribution in [2.45, 2.75) is 26.6 Å². The van der Waals surface area contributed by atoms with Crippen LogP contribution in [-0.2, 0) is 16.1 Å². The second-order valence-corrected chi connectivity index (χ2v) is 6.75. The summed E-state index contributed by atoms with van der Waals surface area (Å²) < 4.78 is 16.5. The van der Waals surface area contributed by atoms with E-state index in [9.17, 15) is 4.79 Å². The molecule has 0 heterocycles. The Morgan fingerprint density at radius 2 is 1.48 bits per heavy atom. The number of carbonyl (C=O) groups excluding carboxylic acids is 1. The summed E-state index contributed by atoms with van der Waals surface area (Å²) in [4.78, 5) is 12.2. The first kappa shape index (κ1) is 20.6. The standard InChI is InChI=1S/C25H26O4/c1-3-27-17-19(2)29-25(26)23-11-9-21(10-12-23)22-13-15-24(16-14-22)28-18-20-7-5-4-6-8-20/h4-16,19H,3,17-18H2,1-2H3/t19-/m0/s1. The largest absolute Gasteiger partial charge is 0.489 e. The highest BCUT2D eigenvalue weighted by Gasteiger charge is 2.12. The first-order chi connectivity index (χ1) is 14.2. The predicted octanol–water partition coefficient (Wildman–Crippen LogP) is 5.51. The van der Waals surface area contributed by atoms with Gasteiger partial charge in [0.1, 0.15) is 18.5 Å². The zero-order valence-corrected chi connectivity index (χ0v) is 16.8. The Kier molecular flexibility index (Phi) is 7.42. The van der Waals surface area contributed by atoms with Crippen molar-refractivity contribution in [2.75, 3.05) is 13.2 Å². The summed E-state index contributed by atoms with van der Waals surface area (Å²) in [6, 6.07) is 25.4. The van der Waals surface area contributed by atoms with Crippen LogP contribution >= 0.6 is 0 Å². The minimum Gasteiger partial charge on any atom is -0.489 e. The summed E-state index contributed by atoms with van der Waals surface area (Å²) >= 11 is 0. The maximum atomic E-state index is 12.2. The molecule has 0 saturated carbocycles. The molecule has 0 radical (unpaired) electrons. The van der Waals surface area contributed by atoms with Gasteiger partial charge in [0.05, 0.1) is 12.2 Å². The van der Waals surface area contributed by atoms with Crippen LogP contribution < -0.4 is 4.74 Å². The van der Waals surface area contributed by atoms with Crippen LogP contribution in [0.25, 0.3) is 11.1 Å². The number of esters is 1. The molecule has 3 aromatic carbocycles. The molecular weight excluding hydrogens is 364 g/mol. The van der Waals surface area contributed by atoms with Gasteiger partial charge in [-0.3, -0.25) is 0 Å². The van der Waals surface area contributed by atoms with Crippen LogP contribution in [-0.4, -0.2) is 25.3 Å². The molecule has 4 heteroatoms. The Morgan fingerprint density at radius 1 is 0.862 bits per heavy atom. The van der Waals surface area contributed by atoms with Gasteiger partial charge < -0.3 is 14.2 Å². The Labute approximate surface area is 172 Å². The number of rotatable bonds is 9. The summed E-state index contributed by atoms with van der Waals surface area (Å²) in [5, 5.41) is 0. The summed E-state index contributed by atoms with van der Waals surface area (Å²) in [6.07, 6.45) is -0.273. The van der Waals surface area contributed by atoms with E-state index in [1.165, 1.54) is 0 Å². The molecule has 0 unspecified atom stereocenters. The van der Waals surface area contributed by atoms with Gasteiger partial charge in [0.25, 0.3) is 0 Å². The molecular formula is C25H26O4. The predicted molar refractivity (Wildman–Crippen MR) is 114 cm³/mol. The smallest absolute Gasteiger partial charge is 0.338 e. The number of carbonyl (C=O) groups is 1. The third-order valence-corrected chi connectivity index (χ3v) is 4.42. The third-order valence-electron chi connectivity index (χ3n) is 4.42. The van der Waals surface area contributed by atoms with Crippen LogP contribution in [0.15, 0.2) is 78.9 Å². The lowest BCUT2D eigenvalue weighted by molar-refractivity contribution is 0.00440. The van der Waals surface area contributed by atoms with Crippen molar-refractivity contribution >= 4 is 5.97 Å². The zero-order chi connectivity index (χ0) is 20.5. The van der Waals surface area contributed by atoms with E-state index >= 15 is 0 Å². The molecule has 0 aromatic heterocycles. The monoisotopic (exact) mass is 390 g/mol. The number of ether oxygens (including phenoxy) is 3. The molecule has 0 aliphatic carbocycles. The van der Waals surface area contributed by atoms with Gasteiger partial charge >= 0.3 is 5.97 Å². The second-order valence-electron chi connectivity index (χ2n) is 6.75. The van der Waals surface area contributed by atoms with Crippen molar-refractivity contribution < 1.29 is 19.0 Å². The molecule has 4 nitrogen and oxygen atoms in total. The van der Waals surface area contributed by atoms with E-state index < -0.39 is 0 Å². The first-order valence-corrected chi connectivity index (χ1v) is 9.81. The van der Waals surface area contributed by atoms with E-state index in [1.54, 1.807) is 12.1 Å². The normalized spacial score (nSPS) is 11.7. The molecule has 0 fully saturated rings. The molecule has 0 aliphatic heterocycles. The van der Waals surface area contributed by atoms with Gasteiger partial charge in [-0.15, -0.1) is 0 Å². The Hall–Kier alpha value is -3.11. The van der Waals surface area contributed by atoms with Gasteiger partial charge in [0, 0.05) is 6.61 Å². The van der Waals surface area contributed by atoms with E-state index in [0.717, 1.165) is 22.4 Å². The van der Waals surface area contributed by atoms with E-state index in [1.807, 2.05) is 80.6 Å². The molecule has 0 amide bonds. The lowest BCUT2D eigenvalue weighted by Crippen LogP contribution is -2.20. The molecule has 150 valence electrons. The van der Waals surface area contributed by atoms with Crippen LogP contribution in [0.2, 0.25) is 0 Å². The molecule has 3 aromatic rings. The second kappa shape index (κ2) is 10.4. The minimum absolute atomic E-state index is 0.273. The van der Waals surface area contributed by atoms with Crippen LogP contribution in [0.1, 0.15) is 29.8 Å². The molecule has 0 aliphatic rings. The van der Waals surface area contributed by atoms with E-state index in [2.05, 4.69) is 0 Å². The van der Waals surface area contributed by atoms with Crippen molar-refractivity contribution in [3.8, 4) is 16.9 Å². The van der Waals surface area contributed by atoms with Gasteiger partial charge in [-0.25, -0.2) is 4.79 Å². The Bertz CT molecular complexity index is 886. The van der Waals surface area contributed by atoms with Gasteiger partial charge in [-0.1, -0.05) is 54.6 Å². The quantitative estimate of drug-likeness (QED) is 0.452. The Morgan fingerprint density at radius 3 is 2.10 bits per heavy atom. The van der Waals surface area contributed by atoms with Crippen LogP contribution in [0.5, 0.6) is 5.75 Å². The van der Waals surface area contributed by atoms with Gasteiger partial charge in [0.2, 0.25) is 0 Å². The minimum atomic E-state index is -0.339. The summed E-state index contributed by atoms with van der Waals surface area (Å²) in [5.41, 5.74) is 3.75. The third kappa shape index (κ3) is 6.19. The summed E-state index contributed by atoms with van der Waals surface area (Å²) in [7, 11) is 0. The lowest BCUT2D eigenvalue weighted by atomic mass is 10.0. The zero-order valence-electron chi connectivity index (χ0n) is 16.8. The van der Waals surface area contributed by atoms with Crippen LogP contribution in [0.3, 0.4) is 0 Å². The molecule has 0 spiro atoms. The molecule has 3 rings (SSSR count). The fourth-order valence-corrected chi connectivity index (χ4v) is 2.85. The van der Waals surface area contributed by atoms with Gasteiger partial charge in [-0.05, 0) is 54.8 Å². The number of hydrogen-bond donors (Lipinski definition) is 0. The van der Waals surface area contributed by atoms with Crippen molar-refractivity contribution in [3.05, 3.63) is 90.0 Å². The first-order valence-electron chi connectivity index (χ1n) is 9.81. The van der Waals surface area contributed by atoms with Crippen molar-refractivity contribution in [1.29, 1.82) is 0 Å². The molecule has 1 atom stereocenters. The maximum absolute atomic E-state index is 12.2. The highest BCUT2D eigenvalue weighted by molar-refractivity contribution is 5.90. The average Bonchev–Trinajstić information content (AvgIpc) is 2.77. The van der Waals surface area contributed by atoms with Crippen LogP contribution in [0.4, 0.5) is 0 Å². The number of hydrogen-bond acceptors (Lipinski definition) is 4. The summed E-state index contributed by atoms with van der Waals surface area (Å²) in [5.74, 6) is 0.481. The molecule has 0 N–H and O–H groups in total. The SMILES string of the molecule is CCOC[C@H](C)OC(=O)c1ccc(-c2ccc(OCc3ccccc3)cc2)cc1. The molecule has 0 bridgehead atoms. The Balaban J connectivity index is 1.57. The maximum Gasteiger partial charge on any atom is 0.338 e. The van der Waals surface area contributed by atoms with E-state index in [4.69, 9.17) is 14.2 Å². The highest BCUT2D eigenvalue weighted by atomic mass is 16.6. The van der Waals surface area contributed by atoms with Crippen molar-refractivity contribution in [2.24, 2.45) is 0 Å².